The summed E-state index contributed by atoms with van der Waals surface area (Å²) in [5.41, 5.74) is 3.75. The minimum absolute atomic E-state index is 0.143. The van der Waals surface area contributed by atoms with Gasteiger partial charge in [-0.15, -0.1) is 0 Å². The molecule has 0 bridgehead atoms. The summed E-state index contributed by atoms with van der Waals surface area (Å²) in [5, 5.41) is 6.62. The number of halogens is 1. The molecule has 96 valence electrons. The van der Waals surface area contributed by atoms with Crippen LogP contribution in [-0.4, -0.2) is 22.3 Å². The average molecular weight is 312 g/mol. The van der Waals surface area contributed by atoms with Gasteiger partial charge in [0.2, 0.25) is 0 Å². The first-order chi connectivity index (χ1) is 8.74. The third kappa shape index (κ3) is 2.87. The molecule has 18 heavy (non-hydrogen) atoms. The minimum atomic E-state index is -0.143. The van der Waals surface area contributed by atoms with Gasteiger partial charge in [-0.3, -0.25) is 10.9 Å². The highest BCUT2D eigenvalue weighted by Gasteiger charge is 2.16. The average Bonchev–Trinajstić information content (AvgIpc) is 2.90. The Morgan fingerprint density at radius 2 is 2.39 bits per heavy atom. The molecule has 1 heterocycles. The highest BCUT2D eigenvalue weighted by atomic mass is 79.9. The van der Waals surface area contributed by atoms with Crippen LogP contribution in [-0.2, 0) is 6.42 Å². The molecule has 0 spiro atoms. The largest absolute Gasteiger partial charge is 0.496 e. The first kappa shape index (κ1) is 13.0. The number of benzene rings is 1. The molecule has 1 unspecified atom stereocenters. The van der Waals surface area contributed by atoms with E-state index < -0.39 is 0 Å². The summed E-state index contributed by atoms with van der Waals surface area (Å²) < 4.78 is 6.32. The quantitative estimate of drug-likeness (QED) is 0.572. The molecule has 0 aliphatic carbocycles. The third-order valence-electron chi connectivity index (χ3n) is 2.63. The van der Waals surface area contributed by atoms with Gasteiger partial charge in [0.15, 0.2) is 0 Å². The Balaban J connectivity index is 2.24. The lowest BCUT2D eigenvalue weighted by molar-refractivity contribution is 0.404. The lowest BCUT2D eigenvalue weighted by Crippen LogP contribution is -2.30. The van der Waals surface area contributed by atoms with Crippen LogP contribution >= 0.6 is 15.9 Å². The molecule has 7 heteroatoms. The van der Waals surface area contributed by atoms with Crippen molar-refractivity contribution >= 4 is 15.9 Å². The Morgan fingerprint density at radius 3 is 3.00 bits per heavy atom. The van der Waals surface area contributed by atoms with Crippen LogP contribution in [0.2, 0.25) is 0 Å². The molecule has 4 N–H and O–H groups in total. The highest BCUT2D eigenvalue weighted by Crippen LogP contribution is 2.26. The maximum atomic E-state index is 5.55. The van der Waals surface area contributed by atoms with E-state index in [1.807, 2.05) is 18.2 Å². The van der Waals surface area contributed by atoms with Gasteiger partial charge in [0, 0.05) is 4.47 Å². The molecule has 2 rings (SSSR count). The zero-order valence-corrected chi connectivity index (χ0v) is 11.4. The SMILES string of the molecule is COc1ccc(Br)cc1CC(NN)c1ncn[nH]1. The number of ether oxygens (including phenoxy) is 1. The molecule has 0 amide bonds. The topological polar surface area (TPSA) is 88.8 Å². The third-order valence-corrected chi connectivity index (χ3v) is 3.12. The molecule has 0 aliphatic rings. The van der Waals surface area contributed by atoms with Crippen molar-refractivity contribution in [3.05, 3.63) is 40.4 Å². The van der Waals surface area contributed by atoms with Crippen molar-refractivity contribution in [1.29, 1.82) is 0 Å². The zero-order valence-electron chi connectivity index (χ0n) is 9.85. The summed E-state index contributed by atoms with van der Waals surface area (Å²) in [4.78, 5) is 4.10. The number of aromatic amines is 1. The minimum Gasteiger partial charge on any atom is -0.496 e. The van der Waals surface area contributed by atoms with Gasteiger partial charge in [0.05, 0.1) is 13.2 Å². The molecule has 1 aromatic carbocycles. The zero-order chi connectivity index (χ0) is 13.0. The normalized spacial score (nSPS) is 12.4. The van der Waals surface area contributed by atoms with Gasteiger partial charge in [0.1, 0.15) is 17.9 Å². The van der Waals surface area contributed by atoms with Crippen molar-refractivity contribution < 1.29 is 4.74 Å². The van der Waals surface area contributed by atoms with E-state index in [0.717, 1.165) is 15.8 Å². The summed E-state index contributed by atoms with van der Waals surface area (Å²) >= 11 is 3.44. The highest BCUT2D eigenvalue weighted by molar-refractivity contribution is 9.10. The molecule has 0 saturated heterocycles. The van der Waals surface area contributed by atoms with E-state index in [2.05, 4.69) is 36.5 Å². The van der Waals surface area contributed by atoms with Gasteiger partial charge in [-0.1, -0.05) is 15.9 Å². The first-order valence-electron chi connectivity index (χ1n) is 5.38. The number of hydrogen-bond acceptors (Lipinski definition) is 5. The van der Waals surface area contributed by atoms with Gasteiger partial charge in [0.25, 0.3) is 0 Å². The second-order valence-corrected chi connectivity index (χ2v) is 4.67. The lowest BCUT2D eigenvalue weighted by atomic mass is 10.0. The van der Waals surface area contributed by atoms with E-state index in [4.69, 9.17) is 10.6 Å². The van der Waals surface area contributed by atoms with Crippen LogP contribution in [0.1, 0.15) is 17.4 Å². The molecular formula is C11H14BrN5O. The van der Waals surface area contributed by atoms with E-state index in [1.54, 1.807) is 7.11 Å². The molecule has 2 aromatic rings. The maximum Gasteiger partial charge on any atom is 0.143 e. The van der Waals surface area contributed by atoms with Crippen LogP contribution in [0.5, 0.6) is 5.75 Å². The van der Waals surface area contributed by atoms with Crippen molar-refractivity contribution in [2.75, 3.05) is 7.11 Å². The van der Waals surface area contributed by atoms with E-state index in [9.17, 15) is 0 Å². The van der Waals surface area contributed by atoms with Crippen LogP contribution in [0, 0.1) is 0 Å². The maximum absolute atomic E-state index is 5.55. The molecule has 1 aromatic heterocycles. The van der Waals surface area contributed by atoms with Crippen molar-refractivity contribution in [2.45, 2.75) is 12.5 Å². The van der Waals surface area contributed by atoms with Crippen LogP contribution < -0.4 is 16.0 Å². The predicted octanol–water partition coefficient (Wildman–Crippen LogP) is 1.32. The van der Waals surface area contributed by atoms with Crippen molar-refractivity contribution in [1.82, 2.24) is 20.6 Å². The van der Waals surface area contributed by atoms with Crippen LogP contribution in [0.3, 0.4) is 0 Å². The van der Waals surface area contributed by atoms with Gasteiger partial charge in [-0.2, -0.15) is 5.10 Å². The van der Waals surface area contributed by atoms with Crippen molar-refractivity contribution in [2.24, 2.45) is 5.84 Å². The van der Waals surface area contributed by atoms with Gasteiger partial charge < -0.3 is 4.74 Å². The van der Waals surface area contributed by atoms with E-state index >= 15 is 0 Å². The number of aromatic nitrogens is 3. The van der Waals surface area contributed by atoms with Crippen molar-refractivity contribution in [3.8, 4) is 5.75 Å². The van der Waals surface area contributed by atoms with Crippen molar-refractivity contribution in [3.63, 3.8) is 0 Å². The Labute approximate surface area is 113 Å². The fourth-order valence-electron chi connectivity index (χ4n) is 1.74. The number of H-pyrrole nitrogens is 1. The fourth-order valence-corrected chi connectivity index (χ4v) is 2.15. The molecular weight excluding hydrogens is 298 g/mol. The number of methoxy groups -OCH3 is 1. The number of nitrogens with zero attached hydrogens (tertiary/aromatic N) is 2. The summed E-state index contributed by atoms with van der Waals surface area (Å²) in [6, 6.07) is 5.70. The monoisotopic (exact) mass is 311 g/mol. The van der Waals surface area contributed by atoms with Crippen LogP contribution in [0.25, 0.3) is 0 Å². The number of nitrogens with one attached hydrogen (secondary N) is 2. The molecule has 0 fully saturated rings. The summed E-state index contributed by atoms with van der Waals surface area (Å²) in [6.07, 6.45) is 2.10. The molecule has 6 nitrogen and oxygen atoms in total. The second-order valence-electron chi connectivity index (χ2n) is 3.75. The number of hydrogen-bond donors (Lipinski definition) is 3. The molecule has 1 atom stereocenters. The van der Waals surface area contributed by atoms with Gasteiger partial charge in [-0.05, 0) is 30.2 Å². The van der Waals surface area contributed by atoms with E-state index in [1.165, 1.54) is 6.33 Å². The van der Waals surface area contributed by atoms with E-state index in [0.29, 0.717) is 12.2 Å². The Bertz CT molecular complexity index is 502. The number of hydrazine groups is 1. The molecule has 0 radical (unpaired) electrons. The van der Waals surface area contributed by atoms with Crippen LogP contribution in [0.4, 0.5) is 0 Å². The smallest absolute Gasteiger partial charge is 0.143 e. The summed E-state index contributed by atoms with van der Waals surface area (Å²) in [5.74, 6) is 7.06. The Kier molecular flexibility index (Phi) is 4.29. The van der Waals surface area contributed by atoms with Gasteiger partial charge in [-0.25, -0.2) is 10.4 Å². The molecule has 0 saturated carbocycles. The summed E-state index contributed by atoms with van der Waals surface area (Å²) in [6.45, 7) is 0. The van der Waals surface area contributed by atoms with E-state index in [-0.39, 0.29) is 6.04 Å². The second kappa shape index (κ2) is 5.94. The Morgan fingerprint density at radius 1 is 1.56 bits per heavy atom. The molecule has 0 aliphatic heterocycles. The fraction of sp³-hybridized carbons (Fsp3) is 0.273. The van der Waals surface area contributed by atoms with Gasteiger partial charge >= 0.3 is 0 Å². The Hall–Kier alpha value is -1.44. The summed E-state index contributed by atoms with van der Waals surface area (Å²) in [7, 11) is 1.64. The predicted molar refractivity (Wildman–Crippen MR) is 70.8 cm³/mol. The van der Waals surface area contributed by atoms with Crippen LogP contribution in [0.15, 0.2) is 29.0 Å². The standard InChI is InChI=1S/C11H14BrN5O/c1-18-10-3-2-8(12)4-7(10)5-9(16-13)11-14-6-15-17-11/h2-4,6,9,16H,5,13H2,1H3,(H,14,15,17). The lowest BCUT2D eigenvalue weighted by Gasteiger charge is -2.15. The number of rotatable bonds is 5. The first-order valence-corrected chi connectivity index (χ1v) is 6.17. The number of nitrogens with two attached hydrogens (primary N) is 1.